The number of nitrogens with one attached hydrogen (secondary N) is 2. The van der Waals surface area contributed by atoms with Gasteiger partial charge in [-0.15, -0.1) is 11.3 Å². The van der Waals surface area contributed by atoms with Crippen molar-refractivity contribution in [3.63, 3.8) is 0 Å². The molecule has 0 unspecified atom stereocenters. The monoisotopic (exact) mass is 359 g/mol. The van der Waals surface area contributed by atoms with Crippen LogP contribution in [0.5, 0.6) is 0 Å². The Morgan fingerprint density at radius 1 is 1.20 bits per heavy atom. The van der Waals surface area contributed by atoms with Gasteiger partial charge in [0.15, 0.2) is 0 Å². The van der Waals surface area contributed by atoms with Gasteiger partial charge in [-0.3, -0.25) is 20.4 Å². The van der Waals surface area contributed by atoms with E-state index in [-0.39, 0.29) is 12.0 Å². The highest BCUT2D eigenvalue weighted by Crippen LogP contribution is 2.25. The predicted molar refractivity (Wildman–Crippen MR) is 90.3 cm³/mol. The largest absolute Gasteiger partial charge is 0.440 e. The number of carbonyl (C=O) groups is 2. The molecule has 3 aromatic rings. The van der Waals surface area contributed by atoms with Crippen LogP contribution in [0, 0.1) is 12.7 Å². The number of rotatable bonds is 4. The number of nitrogens with zero attached hydrogens (tertiary/aromatic N) is 1. The molecule has 128 valence electrons. The molecule has 6 nitrogen and oxygen atoms in total. The summed E-state index contributed by atoms with van der Waals surface area (Å²) in [6.07, 6.45) is -0.0373. The first-order valence-electron chi connectivity index (χ1n) is 7.38. The number of hydrogen-bond donors (Lipinski definition) is 2. The third-order valence-electron chi connectivity index (χ3n) is 3.37. The van der Waals surface area contributed by atoms with Gasteiger partial charge in [0.25, 0.3) is 5.91 Å². The normalized spacial score (nSPS) is 10.5. The predicted octanol–water partition coefficient (Wildman–Crippen LogP) is 2.85. The maximum Gasteiger partial charge on any atom is 0.269 e. The molecule has 0 bridgehead atoms. The Morgan fingerprint density at radius 3 is 2.64 bits per heavy atom. The standard InChI is InChI=1S/C17H14FN3O3S/c1-10-13(19-17(24-10)14-3-2-8-25-14)9-15(22)20-21-16(23)11-4-6-12(18)7-5-11/h2-8H,9H2,1H3,(H,20,22)(H,21,23). The Labute approximate surface area is 146 Å². The zero-order chi connectivity index (χ0) is 17.8. The second-order valence-electron chi connectivity index (χ2n) is 5.19. The molecule has 0 saturated carbocycles. The summed E-state index contributed by atoms with van der Waals surface area (Å²) >= 11 is 1.49. The van der Waals surface area contributed by atoms with Gasteiger partial charge >= 0.3 is 0 Å². The Balaban J connectivity index is 1.58. The van der Waals surface area contributed by atoms with E-state index in [0.29, 0.717) is 17.3 Å². The van der Waals surface area contributed by atoms with Crippen LogP contribution in [0.15, 0.2) is 46.2 Å². The number of aryl methyl sites for hydroxylation is 1. The van der Waals surface area contributed by atoms with Crippen molar-refractivity contribution in [1.82, 2.24) is 15.8 Å². The quantitative estimate of drug-likeness (QED) is 0.702. The molecule has 2 heterocycles. The summed E-state index contributed by atoms with van der Waals surface area (Å²) in [5.74, 6) is -0.410. The molecule has 2 amide bonds. The van der Waals surface area contributed by atoms with Crippen LogP contribution in [-0.4, -0.2) is 16.8 Å². The van der Waals surface area contributed by atoms with Crippen molar-refractivity contribution >= 4 is 23.2 Å². The summed E-state index contributed by atoms with van der Waals surface area (Å²) < 4.78 is 18.4. The van der Waals surface area contributed by atoms with Crippen molar-refractivity contribution in [2.45, 2.75) is 13.3 Å². The molecule has 8 heteroatoms. The van der Waals surface area contributed by atoms with Gasteiger partial charge in [0.1, 0.15) is 11.6 Å². The summed E-state index contributed by atoms with van der Waals surface area (Å²) in [4.78, 5) is 29.0. The van der Waals surface area contributed by atoms with E-state index < -0.39 is 17.6 Å². The number of benzene rings is 1. The highest BCUT2D eigenvalue weighted by atomic mass is 32.1. The minimum atomic E-state index is -0.538. The van der Waals surface area contributed by atoms with Gasteiger partial charge in [0.05, 0.1) is 17.0 Å². The molecule has 0 aliphatic heterocycles. The lowest BCUT2D eigenvalue weighted by atomic mass is 10.2. The van der Waals surface area contributed by atoms with Crippen LogP contribution in [0.2, 0.25) is 0 Å². The van der Waals surface area contributed by atoms with Crippen LogP contribution >= 0.6 is 11.3 Å². The molecule has 2 aromatic heterocycles. The second-order valence-corrected chi connectivity index (χ2v) is 6.13. The van der Waals surface area contributed by atoms with Crippen molar-refractivity contribution in [3.8, 4) is 10.8 Å². The molecule has 0 atom stereocenters. The van der Waals surface area contributed by atoms with Gasteiger partial charge in [-0.1, -0.05) is 6.07 Å². The lowest BCUT2D eigenvalue weighted by molar-refractivity contribution is -0.121. The SMILES string of the molecule is Cc1oc(-c2cccs2)nc1CC(=O)NNC(=O)c1ccc(F)cc1. The number of amides is 2. The smallest absolute Gasteiger partial charge is 0.269 e. The van der Waals surface area contributed by atoms with Crippen molar-refractivity contribution in [3.05, 3.63) is 64.6 Å². The zero-order valence-electron chi connectivity index (χ0n) is 13.2. The van der Waals surface area contributed by atoms with Gasteiger partial charge in [-0.05, 0) is 42.6 Å². The third kappa shape index (κ3) is 4.10. The molecule has 0 fully saturated rings. The van der Waals surface area contributed by atoms with Gasteiger partial charge in [0, 0.05) is 5.56 Å². The van der Waals surface area contributed by atoms with Gasteiger partial charge in [-0.25, -0.2) is 9.37 Å². The van der Waals surface area contributed by atoms with E-state index in [9.17, 15) is 14.0 Å². The zero-order valence-corrected chi connectivity index (χ0v) is 14.0. The lowest BCUT2D eigenvalue weighted by Gasteiger charge is -2.06. The van der Waals surface area contributed by atoms with Crippen molar-refractivity contribution < 1.29 is 18.4 Å². The molecule has 1 aromatic carbocycles. The topological polar surface area (TPSA) is 84.2 Å². The highest BCUT2D eigenvalue weighted by molar-refractivity contribution is 7.13. The fourth-order valence-electron chi connectivity index (χ4n) is 2.09. The molecule has 25 heavy (non-hydrogen) atoms. The van der Waals surface area contributed by atoms with Crippen LogP contribution in [-0.2, 0) is 11.2 Å². The molecule has 2 N–H and O–H groups in total. The Morgan fingerprint density at radius 2 is 1.96 bits per heavy atom. The number of halogens is 1. The molecule has 0 radical (unpaired) electrons. The lowest BCUT2D eigenvalue weighted by Crippen LogP contribution is -2.42. The van der Waals surface area contributed by atoms with Crippen LogP contribution in [0.1, 0.15) is 21.8 Å². The molecule has 3 rings (SSSR count). The molecule has 0 spiro atoms. The summed E-state index contributed by atoms with van der Waals surface area (Å²) in [6.45, 7) is 1.73. The van der Waals surface area contributed by atoms with Crippen LogP contribution in [0.3, 0.4) is 0 Å². The Kier molecular flexibility index (Phi) is 4.90. The van der Waals surface area contributed by atoms with E-state index in [1.54, 1.807) is 6.92 Å². The maximum absolute atomic E-state index is 12.8. The average molecular weight is 359 g/mol. The van der Waals surface area contributed by atoms with E-state index >= 15 is 0 Å². The second kappa shape index (κ2) is 7.27. The number of thiophene rings is 1. The van der Waals surface area contributed by atoms with E-state index in [2.05, 4.69) is 15.8 Å². The summed E-state index contributed by atoms with van der Waals surface area (Å²) in [5.41, 5.74) is 5.31. The summed E-state index contributed by atoms with van der Waals surface area (Å²) in [6, 6.07) is 8.75. The maximum atomic E-state index is 12.8. The number of hydrazine groups is 1. The summed E-state index contributed by atoms with van der Waals surface area (Å²) in [5, 5.41) is 1.91. The van der Waals surface area contributed by atoms with Crippen molar-refractivity contribution in [2.75, 3.05) is 0 Å². The minimum Gasteiger partial charge on any atom is -0.440 e. The number of aromatic nitrogens is 1. The van der Waals surface area contributed by atoms with E-state index in [0.717, 1.165) is 4.88 Å². The highest BCUT2D eigenvalue weighted by Gasteiger charge is 2.16. The van der Waals surface area contributed by atoms with Crippen LogP contribution in [0.4, 0.5) is 4.39 Å². The van der Waals surface area contributed by atoms with Crippen LogP contribution < -0.4 is 10.9 Å². The first-order valence-corrected chi connectivity index (χ1v) is 8.26. The molecular formula is C17H14FN3O3S. The van der Waals surface area contributed by atoms with Crippen molar-refractivity contribution in [1.29, 1.82) is 0 Å². The van der Waals surface area contributed by atoms with Gasteiger partial charge in [-0.2, -0.15) is 0 Å². The number of hydrogen-bond acceptors (Lipinski definition) is 5. The summed E-state index contributed by atoms with van der Waals surface area (Å²) in [7, 11) is 0. The molecular weight excluding hydrogens is 345 g/mol. The molecule has 0 aliphatic rings. The first kappa shape index (κ1) is 16.8. The van der Waals surface area contributed by atoms with Gasteiger partial charge < -0.3 is 4.42 Å². The van der Waals surface area contributed by atoms with E-state index in [1.165, 1.54) is 35.6 Å². The minimum absolute atomic E-state index is 0.0373. The third-order valence-corrected chi connectivity index (χ3v) is 4.23. The van der Waals surface area contributed by atoms with Crippen molar-refractivity contribution in [2.24, 2.45) is 0 Å². The molecule has 0 saturated heterocycles. The Hall–Kier alpha value is -3.00. The fraction of sp³-hybridized carbons (Fsp3) is 0.118. The average Bonchev–Trinajstić information content (AvgIpc) is 3.24. The fourth-order valence-corrected chi connectivity index (χ4v) is 2.74. The van der Waals surface area contributed by atoms with Crippen LogP contribution in [0.25, 0.3) is 10.8 Å². The molecule has 0 aliphatic carbocycles. The Bertz CT molecular complexity index is 889. The van der Waals surface area contributed by atoms with E-state index in [4.69, 9.17) is 4.42 Å². The first-order chi connectivity index (χ1) is 12.0. The van der Waals surface area contributed by atoms with Gasteiger partial charge in [0.2, 0.25) is 11.8 Å². The number of carbonyl (C=O) groups excluding carboxylic acids is 2. The number of oxazole rings is 1. The van der Waals surface area contributed by atoms with E-state index in [1.807, 2.05) is 17.5 Å².